The van der Waals surface area contributed by atoms with Crippen LogP contribution in [0.4, 0.5) is 11.4 Å². The summed E-state index contributed by atoms with van der Waals surface area (Å²) in [5.74, 6) is -1.02. The van der Waals surface area contributed by atoms with Crippen LogP contribution in [0.15, 0.2) is 53.8 Å². The fraction of sp³-hybridized carbons (Fsp3) is 0.250. The summed E-state index contributed by atoms with van der Waals surface area (Å²) in [5, 5.41) is 8.61. The van der Waals surface area contributed by atoms with E-state index in [2.05, 4.69) is 15.4 Å². The number of nitrogens with one attached hydrogen (secondary N) is 1. The fourth-order valence-electron chi connectivity index (χ4n) is 2.78. The van der Waals surface area contributed by atoms with E-state index in [0.717, 1.165) is 5.69 Å². The first-order valence-corrected chi connectivity index (χ1v) is 8.86. The van der Waals surface area contributed by atoms with E-state index in [1.54, 1.807) is 18.0 Å². The first-order valence-electron chi connectivity index (χ1n) is 8.86. The summed E-state index contributed by atoms with van der Waals surface area (Å²) in [6.07, 6.45) is 1.58. The molecule has 0 saturated carbocycles. The molecule has 1 aromatic heterocycles. The normalized spacial score (nSPS) is 15.7. The molecule has 2 heterocycles. The van der Waals surface area contributed by atoms with Crippen LogP contribution in [0.3, 0.4) is 0 Å². The number of hydrogen-bond acceptors (Lipinski definition) is 7. The summed E-state index contributed by atoms with van der Waals surface area (Å²) in [6, 6.07) is 11.7. The van der Waals surface area contributed by atoms with Crippen molar-refractivity contribution < 1.29 is 19.1 Å². The molecule has 0 bridgehead atoms. The van der Waals surface area contributed by atoms with Gasteiger partial charge in [0, 0.05) is 6.42 Å². The number of ketones is 1. The second kappa shape index (κ2) is 8.43. The van der Waals surface area contributed by atoms with E-state index in [1.807, 2.05) is 30.3 Å². The zero-order valence-corrected chi connectivity index (χ0v) is 15.6. The van der Waals surface area contributed by atoms with Gasteiger partial charge < -0.3 is 10.1 Å². The molecular weight excluding hydrogens is 360 g/mol. The van der Waals surface area contributed by atoms with Gasteiger partial charge >= 0.3 is 5.97 Å². The number of carbonyl (C=O) groups is 3. The fourth-order valence-corrected chi connectivity index (χ4v) is 2.78. The predicted molar refractivity (Wildman–Crippen MR) is 104 cm³/mol. The van der Waals surface area contributed by atoms with Crippen LogP contribution in [0.25, 0.3) is 0 Å². The van der Waals surface area contributed by atoms with Gasteiger partial charge in [0.1, 0.15) is 17.4 Å². The number of esters is 1. The second-order valence-corrected chi connectivity index (χ2v) is 6.16. The maximum absolute atomic E-state index is 12.6. The van der Waals surface area contributed by atoms with E-state index < -0.39 is 17.9 Å². The summed E-state index contributed by atoms with van der Waals surface area (Å²) in [4.78, 5) is 40.2. The lowest BCUT2D eigenvalue weighted by Gasteiger charge is -2.20. The first kappa shape index (κ1) is 19.2. The van der Waals surface area contributed by atoms with Gasteiger partial charge in [0.05, 0.1) is 24.2 Å². The lowest BCUT2D eigenvalue weighted by molar-refractivity contribution is -0.118. The van der Waals surface area contributed by atoms with Crippen molar-refractivity contribution in [3.05, 3.63) is 54.4 Å². The molecular formula is C20H20N4O4. The number of carbonyl (C=O) groups excluding carboxylic acids is 3. The Balaban J connectivity index is 1.73. The Morgan fingerprint density at radius 2 is 1.93 bits per heavy atom. The Morgan fingerprint density at radius 3 is 2.54 bits per heavy atom. The molecule has 0 saturated heterocycles. The van der Waals surface area contributed by atoms with Gasteiger partial charge in [-0.05, 0) is 38.1 Å². The van der Waals surface area contributed by atoms with Gasteiger partial charge in [-0.15, -0.1) is 0 Å². The highest BCUT2D eigenvalue weighted by atomic mass is 16.5. The van der Waals surface area contributed by atoms with Crippen LogP contribution in [0.1, 0.15) is 30.8 Å². The lowest BCUT2D eigenvalue weighted by Crippen LogP contribution is -2.33. The standard InChI is InChI=1S/C20H20N4O4/c1-3-28-20(27)16-10-9-14(12-21-16)22-19(26)17-11-18(13(2)25)24(23-17)15-7-5-4-6-8-15/h4-10,12,18H,3,11H2,1-2H3,(H,22,26)/t18-/m0/s1. The minimum atomic E-state index is -0.525. The third-order valence-corrected chi connectivity index (χ3v) is 4.17. The molecule has 1 amide bonds. The smallest absolute Gasteiger partial charge is 0.356 e. The van der Waals surface area contributed by atoms with Gasteiger partial charge in [0.15, 0.2) is 5.78 Å². The van der Waals surface area contributed by atoms with Crippen molar-refractivity contribution in [2.24, 2.45) is 5.10 Å². The number of amides is 1. The molecule has 3 rings (SSSR count). The van der Waals surface area contributed by atoms with Gasteiger partial charge in [-0.1, -0.05) is 18.2 Å². The summed E-state index contributed by atoms with van der Waals surface area (Å²) < 4.78 is 4.87. The molecule has 1 N–H and O–H groups in total. The van der Waals surface area contributed by atoms with Crippen molar-refractivity contribution in [2.75, 3.05) is 16.9 Å². The minimum absolute atomic E-state index is 0.0733. The minimum Gasteiger partial charge on any atom is -0.461 e. The number of aromatic nitrogens is 1. The van der Waals surface area contributed by atoms with E-state index in [4.69, 9.17) is 4.74 Å². The van der Waals surface area contributed by atoms with Crippen molar-refractivity contribution in [1.29, 1.82) is 0 Å². The van der Waals surface area contributed by atoms with Crippen molar-refractivity contribution in [3.63, 3.8) is 0 Å². The molecule has 144 valence electrons. The van der Waals surface area contributed by atoms with E-state index in [0.29, 0.717) is 5.69 Å². The molecule has 2 aromatic rings. The molecule has 0 unspecified atom stereocenters. The number of hydrazone groups is 1. The highest BCUT2D eigenvalue weighted by Gasteiger charge is 2.34. The SMILES string of the molecule is CCOC(=O)c1ccc(NC(=O)C2=NN(c3ccccc3)[C@H](C(C)=O)C2)cn1. The highest BCUT2D eigenvalue weighted by Crippen LogP contribution is 2.25. The van der Waals surface area contributed by atoms with Crippen LogP contribution in [0.2, 0.25) is 0 Å². The molecule has 0 spiro atoms. The van der Waals surface area contributed by atoms with Crippen molar-refractivity contribution in [1.82, 2.24) is 4.98 Å². The number of para-hydroxylation sites is 1. The zero-order chi connectivity index (χ0) is 20.1. The summed E-state index contributed by atoms with van der Waals surface area (Å²) in [5.41, 5.74) is 1.56. The zero-order valence-electron chi connectivity index (χ0n) is 15.6. The Bertz CT molecular complexity index is 910. The maximum Gasteiger partial charge on any atom is 0.356 e. The van der Waals surface area contributed by atoms with Gasteiger partial charge in [-0.3, -0.25) is 14.6 Å². The quantitative estimate of drug-likeness (QED) is 0.773. The van der Waals surface area contributed by atoms with Crippen LogP contribution >= 0.6 is 0 Å². The molecule has 8 nitrogen and oxygen atoms in total. The Labute approximate surface area is 162 Å². The molecule has 0 radical (unpaired) electrons. The lowest BCUT2D eigenvalue weighted by atomic mass is 10.1. The number of hydrogen-bond donors (Lipinski definition) is 1. The van der Waals surface area contributed by atoms with Crippen LogP contribution in [0.5, 0.6) is 0 Å². The van der Waals surface area contributed by atoms with E-state index in [-0.39, 0.29) is 30.2 Å². The number of Topliss-reactive ketones (excluding diaryl/α,β-unsaturated/α-hetero) is 1. The molecule has 1 aromatic carbocycles. The predicted octanol–water partition coefficient (Wildman–Crippen LogP) is 2.42. The summed E-state index contributed by atoms with van der Waals surface area (Å²) in [6.45, 7) is 3.45. The van der Waals surface area contributed by atoms with Gasteiger partial charge in [0.25, 0.3) is 5.91 Å². The molecule has 1 aliphatic heterocycles. The number of rotatable bonds is 6. The molecule has 0 aliphatic carbocycles. The number of pyridine rings is 1. The molecule has 1 aliphatic rings. The van der Waals surface area contributed by atoms with E-state index >= 15 is 0 Å². The molecule has 1 atom stereocenters. The van der Waals surface area contributed by atoms with Gasteiger partial charge in [-0.25, -0.2) is 9.78 Å². The third kappa shape index (κ3) is 4.22. The van der Waals surface area contributed by atoms with Crippen LogP contribution < -0.4 is 10.3 Å². The number of benzene rings is 1. The number of nitrogens with zero attached hydrogens (tertiary/aromatic N) is 3. The highest BCUT2D eigenvalue weighted by molar-refractivity contribution is 6.44. The van der Waals surface area contributed by atoms with Crippen LogP contribution in [-0.4, -0.2) is 41.0 Å². The Morgan fingerprint density at radius 1 is 1.18 bits per heavy atom. The second-order valence-electron chi connectivity index (χ2n) is 6.16. The topological polar surface area (TPSA) is 101 Å². The number of anilines is 2. The largest absolute Gasteiger partial charge is 0.461 e. The monoisotopic (exact) mass is 380 g/mol. The molecule has 0 fully saturated rings. The first-order chi connectivity index (χ1) is 13.5. The Kier molecular flexibility index (Phi) is 5.78. The average Bonchev–Trinajstić information content (AvgIpc) is 3.15. The van der Waals surface area contributed by atoms with Crippen LogP contribution in [0, 0.1) is 0 Å². The van der Waals surface area contributed by atoms with Crippen molar-refractivity contribution >= 4 is 34.7 Å². The Hall–Kier alpha value is -3.55. The van der Waals surface area contributed by atoms with Crippen LogP contribution in [-0.2, 0) is 14.3 Å². The van der Waals surface area contributed by atoms with Crippen molar-refractivity contribution in [3.8, 4) is 0 Å². The van der Waals surface area contributed by atoms with Gasteiger partial charge in [-0.2, -0.15) is 5.10 Å². The van der Waals surface area contributed by atoms with Crippen molar-refractivity contribution in [2.45, 2.75) is 26.3 Å². The van der Waals surface area contributed by atoms with Gasteiger partial charge in [0.2, 0.25) is 0 Å². The van der Waals surface area contributed by atoms with E-state index in [1.165, 1.54) is 19.2 Å². The maximum atomic E-state index is 12.6. The average molecular weight is 380 g/mol. The molecule has 8 heteroatoms. The summed E-state index contributed by atoms with van der Waals surface area (Å²) in [7, 11) is 0. The molecule has 28 heavy (non-hydrogen) atoms. The third-order valence-electron chi connectivity index (χ3n) is 4.17. The summed E-state index contributed by atoms with van der Waals surface area (Å²) >= 11 is 0. The number of ether oxygens (including phenoxy) is 1. The van der Waals surface area contributed by atoms with E-state index in [9.17, 15) is 14.4 Å².